The van der Waals surface area contributed by atoms with Gasteiger partial charge in [0, 0.05) is 23.7 Å². The monoisotopic (exact) mass is 376 g/mol. The highest BCUT2D eigenvalue weighted by molar-refractivity contribution is 6.03. The van der Waals surface area contributed by atoms with Crippen LogP contribution in [0.4, 0.5) is 5.69 Å². The van der Waals surface area contributed by atoms with E-state index in [2.05, 4.69) is 36.6 Å². The molecule has 1 heterocycles. The number of hydrogen-bond acceptors (Lipinski definition) is 3. The van der Waals surface area contributed by atoms with E-state index in [1.165, 1.54) is 11.8 Å². The summed E-state index contributed by atoms with van der Waals surface area (Å²) in [5.41, 5.74) is 2.24. The van der Waals surface area contributed by atoms with E-state index in [4.69, 9.17) is 4.42 Å². The number of furan rings is 1. The standard InChI is InChI=1S/C23H24N2O3/c1-16(2)20(17-8-4-3-5-9-17)15-24-22(26)18-10-6-11-19(14-18)25-23(27)21-12-7-13-28-21/h3-14,16,20H,15H2,1-2H3,(H,24,26)(H,25,27). The molecule has 0 spiro atoms. The normalized spacial score (nSPS) is 11.8. The maximum Gasteiger partial charge on any atom is 0.291 e. The molecule has 2 aromatic carbocycles. The Morgan fingerprint density at radius 3 is 2.39 bits per heavy atom. The fraction of sp³-hybridized carbons (Fsp3) is 0.217. The highest BCUT2D eigenvalue weighted by atomic mass is 16.3. The Balaban J connectivity index is 1.65. The van der Waals surface area contributed by atoms with Gasteiger partial charge in [0.1, 0.15) is 0 Å². The highest BCUT2D eigenvalue weighted by Gasteiger charge is 2.17. The second-order valence-electron chi connectivity index (χ2n) is 6.98. The van der Waals surface area contributed by atoms with Crippen molar-refractivity contribution in [1.29, 1.82) is 0 Å². The molecule has 0 saturated carbocycles. The topological polar surface area (TPSA) is 71.3 Å². The van der Waals surface area contributed by atoms with Gasteiger partial charge < -0.3 is 15.1 Å². The first kappa shape index (κ1) is 19.4. The lowest BCUT2D eigenvalue weighted by Crippen LogP contribution is -2.30. The molecule has 0 aliphatic rings. The predicted octanol–water partition coefficient (Wildman–Crippen LogP) is 4.70. The zero-order valence-electron chi connectivity index (χ0n) is 16.0. The van der Waals surface area contributed by atoms with Crippen molar-refractivity contribution in [3.05, 3.63) is 89.9 Å². The molecule has 3 rings (SSSR count). The smallest absolute Gasteiger partial charge is 0.291 e. The first-order valence-corrected chi connectivity index (χ1v) is 9.32. The van der Waals surface area contributed by atoms with Crippen LogP contribution in [-0.4, -0.2) is 18.4 Å². The molecular formula is C23H24N2O3. The van der Waals surface area contributed by atoms with Gasteiger partial charge in [-0.05, 0) is 41.8 Å². The molecule has 2 amide bonds. The van der Waals surface area contributed by atoms with Crippen LogP contribution in [0.2, 0.25) is 0 Å². The van der Waals surface area contributed by atoms with Crippen molar-refractivity contribution >= 4 is 17.5 Å². The highest BCUT2D eigenvalue weighted by Crippen LogP contribution is 2.23. The number of anilines is 1. The van der Waals surface area contributed by atoms with Crippen LogP contribution in [0.15, 0.2) is 77.4 Å². The molecule has 5 nitrogen and oxygen atoms in total. The molecule has 144 valence electrons. The van der Waals surface area contributed by atoms with Gasteiger partial charge in [-0.15, -0.1) is 0 Å². The van der Waals surface area contributed by atoms with Crippen LogP contribution in [-0.2, 0) is 0 Å². The number of rotatable bonds is 7. The predicted molar refractivity (Wildman–Crippen MR) is 109 cm³/mol. The van der Waals surface area contributed by atoms with Gasteiger partial charge in [0.2, 0.25) is 0 Å². The number of nitrogens with one attached hydrogen (secondary N) is 2. The third-order valence-corrected chi connectivity index (χ3v) is 4.64. The lowest BCUT2D eigenvalue weighted by molar-refractivity contribution is 0.0947. The summed E-state index contributed by atoms with van der Waals surface area (Å²) in [5, 5.41) is 5.75. The summed E-state index contributed by atoms with van der Waals surface area (Å²) in [6.45, 7) is 4.84. The Hall–Kier alpha value is -3.34. The van der Waals surface area contributed by atoms with Gasteiger partial charge in [-0.3, -0.25) is 9.59 Å². The Morgan fingerprint density at radius 1 is 0.929 bits per heavy atom. The molecule has 1 unspecified atom stereocenters. The summed E-state index contributed by atoms with van der Waals surface area (Å²) >= 11 is 0. The third kappa shape index (κ3) is 4.88. The number of carbonyl (C=O) groups is 2. The zero-order chi connectivity index (χ0) is 19.9. The average Bonchev–Trinajstić information content (AvgIpc) is 3.24. The Labute approximate surface area is 164 Å². The second-order valence-corrected chi connectivity index (χ2v) is 6.98. The van der Waals surface area contributed by atoms with Gasteiger partial charge in [-0.1, -0.05) is 50.2 Å². The third-order valence-electron chi connectivity index (χ3n) is 4.64. The van der Waals surface area contributed by atoms with Gasteiger partial charge in [0.05, 0.1) is 6.26 Å². The van der Waals surface area contributed by atoms with Gasteiger partial charge in [0.25, 0.3) is 11.8 Å². The summed E-state index contributed by atoms with van der Waals surface area (Å²) in [6, 6.07) is 20.3. The van der Waals surface area contributed by atoms with Crippen LogP contribution in [0.3, 0.4) is 0 Å². The minimum atomic E-state index is -0.355. The SMILES string of the molecule is CC(C)C(CNC(=O)c1cccc(NC(=O)c2ccco2)c1)c1ccccc1. The van der Waals surface area contributed by atoms with Crippen molar-refractivity contribution in [2.24, 2.45) is 5.92 Å². The molecule has 28 heavy (non-hydrogen) atoms. The number of hydrogen-bond donors (Lipinski definition) is 2. The van der Waals surface area contributed by atoms with E-state index in [1.807, 2.05) is 18.2 Å². The lowest BCUT2D eigenvalue weighted by Gasteiger charge is -2.22. The van der Waals surface area contributed by atoms with Gasteiger partial charge in [-0.2, -0.15) is 0 Å². The number of amides is 2. The summed E-state index contributed by atoms with van der Waals surface area (Å²) in [4.78, 5) is 24.7. The average molecular weight is 376 g/mol. The Kier molecular flexibility index (Phi) is 6.27. The molecule has 1 atom stereocenters. The molecule has 0 bridgehead atoms. The molecule has 0 fully saturated rings. The van der Waals surface area contributed by atoms with Crippen LogP contribution in [0, 0.1) is 5.92 Å². The van der Waals surface area contributed by atoms with Crippen molar-refractivity contribution in [2.45, 2.75) is 19.8 Å². The second kappa shape index (κ2) is 9.04. The van der Waals surface area contributed by atoms with Crippen LogP contribution in [0.1, 0.15) is 46.2 Å². The summed E-state index contributed by atoms with van der Waals surface area (Å²) in [7, 11) is 0. The summed E-state index contributed by atoms with van der Waals surface area (Å²) in [5.74, 6) is 0.313. The minimum absolute atomic E-state index is 0.171. The first-order chi connectivity index (χ1) is 13.5. The van der Waals surface area contributed by atoms with Crippen molar-refractivity contribution < 1.29 is 14.0 Å². The van der Waals surface area contributed by atoms with E-state index in [-0.39, 0.29) is 23.5 Å². The fourth-order valence-electron chi connectivity index (χ4n) is 3.08. The van der Waals surface area contributed by atoms with Crippen molar-refractivity contribution in [3.8, 4) is 0 Å². The van der Waals surface area contributed by atoms with Crippen LogP contribution >= 0.6 is 0 Å². The van der Waals surface area contributed by atoms with Crippen LogP contribution < -0.4 is 10.6 Å². The molecule has 0 aliphatic carbocycles. The maximum absolute atomic E-state index is 12.6. The molecule has 3 aromatic rings. The van der Waals surface area contributed by atoms with E-state index >= 15 is 0 Å². The molecule has 1 aromatic heterocycles. The van der Waals surface area contributed by atoms with E-state index < -0.39 is 0 Å². The van der Waals surface area contributed by atoms with E-state index in [0.717, 1.165) is 0 Å². The quantitative estimate of drug-likeness (QED) is 0.628. The first-order valence-electron chi connectivity index (χ1n) is 9.32. The molecular weight excluding hydrogens is 352 g/mol. The Morgan fingerprint density at radius 2 is 1.71 bits per heavy atom. The van der Waals surface area contributed by atoms with E-state index in [0.29, 0.717) is 23.7 Å². The zero-order valence-corrected chi connectivity index (χ0v) is 16.0. The van der Waals surface area contributed by atoms with Gasteiger partial charge in [0.15, 0.2) is 5.76 Å². The number of carbonyl (C=O) groups excluding carboxylic acids is 2. The van der Waals surface area contributed by atoms with Crippen LogP contribution in [0.25, 0.3) is 0 Å². The molecule has 0 radical (unpaired) electrons. The molecule has 0 saturated heterocycles. The summed E-state index contributed by atoms with van der Waals surface area (Å²) < 4.78 is 5.08. The van der Waals surface area contributed by atoms with Crippen molar-refractivity contribution in [3.63, 3.8) is 0 Å². The maximum atomic E-state index is 12.6. The molecule has 0 aliphatic heterocycles. The fourth-order valence-corrected chi connectivity index (χ4v) is 3.08. The molecule has 5 heteroatoms. The summed E-state index contributed by atoms with van der Waals surface area (Å²) in [6.07, 6.45) is 1.44. The largest absolute Gasteiger partial charge is 0.459 e. The number of benzene rings is 2. The van der Waals surface area contributed by atoms with Crippen molar-refractivity contribution in [1.82, 2.24) is 5.32 Å². The Bertz CT molecular complexity index is 918. The lowest BCUT2D eigenvalue weighted by atomic mass is 9.88. The van der Waals surface area contributed by atoms with E-state index in [1.54, 1.807) is 36.4 Å². The van der Waals surface area contributed by atoms with Gasteiger partial charge >= 0.3 is 0 Å². The van der Waals surface area contributed by atoms with Crippen LogP contribution in [0.5, 0.6) is 0 Å². The van der Waals surface area contributed by atoms with Gasteiger partial charge in [-0.25, -0.2) is 0 Å². The van der Waals surface area contributed by atoms with E-state index in [9.17, 15) is 9.59 Å². The minimum Gasteiger partial charge on any atom is -0.459 e. The van der Waals surface area contributed by atoms with Crippen molar-refractivity contribution in [2.75, 3.05) is 11.9 Å². The molecule has 2 N–H and O–H groups in total.